The number of nitrogens with zero attached hydrogens (tertiary/aromatic N) is 2. The zero-order valence-electron chi connectivity index (χ0n) is 14.4. The van der Waals surface area contributed by atoms with Crippen LogP contribution in [0.5, 0.6) is 0 Å². The highest BCUT2D eigenvalue weighted by Gasteiger charge is 2.42. The summed E-state index contributed by atoms with van der Waals surface area (Å²) in [5.74, 6) is 1.96. The van der Waals surface area contributed by atoms with E-state index < -0.39 is 6.09 Å². The lowest BCUT2D eigenvalue weighted by molar-refractivity contribution is 0.135. The maximum Gasteiger partial charge on any atom is 0.411 e. The first-order chi connectivity index (χ1) is 11.7. The summed E-state index contributed by atoms with van der Waals surface area (Å²) >= 11 is 0. The predicted molar refractivity (Wildman–Crippen MR) is 95.5 cm³/mol. The van der Waals surface area contributed by atoms with Crippen molar-refractivity contribution in [3.05, 3.63) is 24.3 Å². The van der Waals surface area contributed by atoms with E-state index in [1.165, 1.54) is 32.8 Å². The molecule has 1 aromatic carbocycles. The minimum absolute atomic E-state index is 0.414. The van der Waals surface area contributed by atoms with Crippen LogP contribution in [0.2, 0.25) is 0 Å². The highest BCUT2D eigenvalue weighted by atomic mass is 16.5. The quantitative estimate of drug-likeness (QED) is 0.925. The lowest BCUT2D eigenvalue weighted by Crippen LogP contribution is -2.51. The van der Waals surface area contributed by atoms with Crippen LogP contribution in [0.25, 0.3) is 0 Å². The number of fused-ring (bicyclic) bond motifs is 2. The second-order valence-corrected chi connectivity index (χ2v) is 7.40. The van der Waals surface area contributed by atoms with Crippen molar-refractivity contribution in [2.45, 2.75) is 31.7 Å². The fourth-order valence-electron chi connectivity index (χ4n) is 4.97. The summed E-state index contributed by atoms with van der Waals surface area (Å²) in [4.78, 5) is 16.7. The number of amides is 1. The molecule has 5 heteroatoms. The zero-order valence-corrected chi connectivity index (χ0v) is 14.4. The summed E-state index contributed by atoms with van der Waals surface area (Å²) in [6.45, 7) is 4.29. The Kier molecular flexibility index (Phi) is 4.35. The second-order valence-electron chi connectivity index (χ2n) is 7.40. The van der Waals surface area contributed by atoms with Crippen molar-refractivity contribution >= 4 is 17.5 Å². The van der Waals surface area contributed by atoms with Gasteiger partial charge in [0.15, 0.2) is 0 Å². The number of para-hydroxylation sites is 2. The van der Waals surface area contributed by atoms with Crippen molar-refractivity contribution in [3.63, 3.8) is 0 Å². The largest absolute Gasteiger partial charge is 0.453 e. The van der Waals surface area contributed by atoms with Gasteiger partial charge in [-0.1, -0.05) is 18.6 Å². The first-order valence-corrected chi connectivity index (χ1v) is 9.17. The molecular weight excluding hydrogens is 302 g/mol. The van der Waals surface area contributed by atoms with Gasteiger partial charge in [-0.05, 0) is 43.2 Å². The number of methoxy groups -OCH3 is 1. The molecule has 2 bridgehead atoms. The average molecular weight is 329 g/mol. The molecule has 130 valence electrons. The lowest BCUT2D eigenvalue weighted by atomic mass is 9.93. The van der Waals surface area contributed by atoms with E-state index in [1.807, 2.05) is 18.2 Å². The highest BCUT2D eigenvalue weighted by Crippen LogP contribution is 2.46. The van der Waals surface area contributed by atoms with Crippen LogP contribution in [0, 0.1) is 11.8 Å². The molecule has 3 aliphatic rings. The maximum absolute atomic E-state index is 11.6. The van der Waals surface area contributed by atoms with E-state index >= 15 is 0 Å². The standard InChI is InChI=1S/C19H27N3O2/c1-24-19(23)20-16-4-2-3-5-17(16)21-8-10-22(11-9-21)18-13-14-6-7-15(18)12-14/h2-5,14-15,18H,6-13H2,1H3,(H,20,23). The Morgan fingerprint density at radius 2 is 1.92 bits per heavy atom. The van der Waals surface area contributed by atoms with Crippen molar-refractivity contribution < 1.29 is 9.53 Å². The topological polar surface area (TPSA) is 44.8 Å². The lowest BCUT2D eigenvalue weighted by Gasteiger charge is -2.42. The van der Waals surface area contributed by atoms with Gasteiger partial charge in [-0.15, -0.1) is 0 Å². The number of hydrogen-bond acceptors (Lipinski definition) is 4. The number of benzene rings is 1. The van der Waals surface area contributed by atoms with E-state index in [0.29, 0.717) is 0 Å². The molecule has 5 nitrogen and oxygen atoms in total. The molecule has 1 N–H and O–H groups in total. The van der Waals surface area contributed by atoms with E-state index in [-0.39, 0.29) is 0 Å². The molecule has 4 rings (SSSR count). The molecule has 1 aromatic rings. The third-order valence-electron chi connectivity index (χ3n) is 6.15. The van der Waals surface area contributed by atoms with Gasteiger partial charge in [0.2, 0.25) is 0 Å². The van der Waals surface area contributed by atoms with Crippen LogP contribution in [0.1, 0.15) is 25.7 Å². The Labute approximate surface area is 144 Å². The first-order valence-electron chi connectivity index (χ1n) is 9.17. The van der Waals surface area contributed by atoms with E-state index in [0.717, 1.165) is 55.4 Å². The molecule has 2 aliphatic carbocycles. The van der Waals surface area contributed by atoms with Gasteiger partial charge in [0.05, 0.1) is 18.5 Å². The monoisotopic (exact) mass is 329 g/mol. The number of hydrogen-bond donors (Lipinski definition) is 1. The van der Waals surface area contributed by atoms with Gasteiger partial charge in [0, 0.05) is 32.2 Å². The number of anilines is 2. The molecule has 2 saturated carbocycles. The molecule has 1 amide bonds. The Morgan fingerprint density at radius 3 is 2.58 bits per heavy atom. The van der Waals surface area contributed by atoms with Crippen LogP contribution in [0.15, 0.2) is 24.3 Å². The normalized spacial score (nSPS) is 29.7. The molecule has 3 fully saturated rings. The molecular formula is C19H27N3O2. The maximum atomic E-state index is 11.6. The molecule has 3 atom stereocenters. The van der Waals surface area contributed by atoms with Crippen LogP contribution in [0.4, 0.5) is 16.2 Å². The second kappa shape index (κ2) is 6.63. The summed E-state index contributed by atoms with van der Waals surface area (Å²) < 4.78 is 4.73. The fourth-order valence-corrected chi connectivity index (χ4v) is 4.97. The summed E-state index contributed by atoms with van der Waals surface area (Å²) in [5, 5.41) is 2.83. The molecule has 0 radical (unpaired) electrons. The predicted octanol–water partition coefficient (Wildman–Crippen LogP) is 3.18. The zero-order chi connectivity index (χ0) is 16.5. The number of rotatable bonds is 3. The minimum atomic E-state index is -0.414. The Hall–Kier alpha value is -1.75. The van der Waals surface area contributed by atoms with Crippen molar-refractivity contribution in [2.24, 2.45) is 11.8 Å². The van der Waals surface area contributed by atoms with Gasteiger partial charge in [0.25, 0.3) is 0 Å². The summed E-state index contributed by atoms with van der Waals surface area (Å²) in [6.07, 6.45) is 5.39. The Bertz CT molecular complexity index is 598. The van der Waals surface area contributed by atoms with Gasteiger partial charge in [0.1, 0.15) is 0 Å². The average Bonchev–Trinajstić information content (AvgIpc) is 3.26. The first kappa shape index (κ1) is 15.8. The van der Waals surface area contributed by atoms with Gasteiger partial charge in [-0.25, -0.2) is 4.79 Å². The number of carbonyl (C=O) groups is 1. The number of ether oxygens (including phenoxy) is 1. The fraction of sp³-hybridized carbons (Fsp3) is 0.632. The van der Waals surface area contributed by atoms with Crippen molar-refractivity contribution in [1.29, 1.82) is 0 Å². The third-order valence-corrected chi connectivity index (χ3v) is 6.15. The summed E-state index contributed by atoms with van der Waals surface area (Å²) in [7, 11) is 1.39. The third kappa shape index (κ3) is 2.97. The molecule has 1 heterocycles. The summed E-state index contributed by atoms with van der Waals surface area (Å²) in [6, 6.07) is 8.82. The highest BCUT2D eigenvalue weighted by molar-refractivity contribution is 5.89. The van der Waals surface area contributed by atoms with E-state index in [2.05, 4.69) is 21.2 Å². The molecule has 1 saturated heterocycles. The number of carbonyl (C=O) groups excluding carboxylic acids is 1. The van der Waals surface area contributed by atoms with Crippen LogP contribution < -0.4 is 10.2 Å². The summed E-state index contributed by atoms with van der Waals surface area (Å²) in [5.41, 5.74) is 1.92. The van der Waals surface area contributed by atoms with E-state index in [9.17, 15) is 4.79 Å². The smallest absolute Gasteiger partial charge is 0.411 e. The van der Waals surface area contributed by atoms with Crippen molar-refractivity contribution in [1.82, 2.24) is 4.90 Å². The van der Waals surface area contributed by atoms with Gasteiger partial charge < -0.3 is 9.64 Å². The molecule has 0 aromatic heterocycles. The van der Waals surface area contributed by atoms with E-state index in [4.69, 9.17) is 4.74 Å². The molecule has 0 spiro atoms. The number of nitrogens with one attached hydrogen (secondary N) is 1. The van der Waals surface area contributed by atoms with Crippen LogP contribution in [0.3, 0.4) is 0 Å². The van der Waals surface area contributed by atoms with Crippen molar-refractivity contribution in [3.8, 4) is 0 Å². The Morgan fingerprint density at radius 1 is 1.12 bits per heavy atom. The molecule has 3 unspecified atom stereocenters. The minimum Gasteiger partial charge on any atom is -0.453 e. The van der Waals surface area contributed by atoms with Gasteiger partial charge in [-0.3, -0.25) is 10.2 Å². The van der Waals surface area contributed by atoms with E-state index in [1.54, 1.807) is 0 Å². The van der Waals surface area contributed by atoms with Crippen LogP contribution >= 0.6 is 0 Å². The van der Waals surface area contributed by atoms with Gasteiger partial charge >= 0.3 is 6.09 Å². The Balaban J connectivity index is 1.40. The molecule has 24 heavy (non-hydrogen) atoms. The van der Waals surface area contributed by atoms with Crippen LogP contribution in [-0.4, -0.2) is 50.3 Å². The van der Waals surface area contributed by atoms with Crippen molar-refractivity contribution in [2.75, 3.05) is 43.5 Å². The molecule has 1 aliphatic heterocycles. The van der Waals surface area contributed by atoms with Crippen LogP contribution in [-0.2, 0) is 4.74 Å². The SMILES string of the molecule is COC(=O)Nc1ccccc1N1CCN(C2CC3CCC2C3)CC1. The number of piperazine rings is 1. The van der Waals surface area contributed by atoms with Gasteiger partial charge in [-0.2, -0.15) is 0 Å².